The number of aryl methyl sites for hydroxylation is 1. The van der Waals surface area contributed by atoms with Crippen molar-refractivity contribution >= 4 is 15.9 Å². The van der Waals surface area contributed by atoms with Crippen LogP contribution in [0.3, 0.4) is 0 Å². The molecule has 0 saturated carbocycles. The number of rotatable bonds is 2. The lowest BCUT2D eigenvalue weighted by molar-refractivity contribution is 0.0784. The third kappa shape index (κ3) is 3.11. The molecule has 1 aliphatic rings. The lowest BCUT2D eigenvalue weighted by Gasteiger charge is -2.18. The number of nitrogens with zero attached hydrogens (tertiary/aromatic N) is 1. The number of amides is 1. The summed E-state index contributed by atoms with van der Waals surface area (Å²) in [5.41, 5.74) is 1.74. The van der Waals surface area contributed by atoms with Crippen LogP contribution in [0.4, 0.5) is 0 Å². The summed E-state index contributed by atoms with van der Waals surface area (Å²) in [6.07, 6.45) is 0. The molecular weight excluding hydrogens is 288 g/mol. The summed E-state index contributed by atoms with van der Waals surface area (Å²) in [5.74, 6) is 0.788. The Labute approximate surface area is 126 Å². The minimum Gasteiger partial charge on any atom is -0.338 e. The zero-order valence-corrected chi connectivity index (χ0v) is 13.7. The van der Waals surface area contributed by atoms with Crippen LogP contribution in [0.5, 0.6) is 0 Å². The monoisotopic (exact) mass is 310 g/mol. The summed E-state index contributed by atoms with van der Waals surface area (Å²) in [5, 5.41) is 5.24. The molecule has 2 N–H and O–H groups in total. The normalized spacial score (nSPS) is 22.6. The minimum absolute atomic E-state index is 0.0335. The Hall–Kier alpha value is -1.40. The molecule has 1 saturated heterocycles. The number of likely N-dealkylation sites (tertiary alicyclic amines) is 1. The number of primary sulfonamides is 1. The topological polar surface area (TPSA) is 80.5 Å². The molecule has 1 amide bonds. The van der Waals surface area contributed by atoms with Gasteiger partial charge in [0.05, 0.1) is 4.90 Å². The molecule has 0 spiro atoms. The minimum atomic E-state index is -3.83. The lowest BCUT2D eigenvalue weighted by atomic mass is 10.0. The molecule has 1 fully saturated rings. The summed E-state index contributed by atoms with van der Waals surface area (Å²) in [7, 11) is -3.83. The van der Waals surface area contributed by atoms with Crippen LogP contribution in [-0.4, -0.2) is 32.3 Å². The molecule has 0 aromatic heterocycles. The van der Waals surface area contributed by atoms with Gasteiger partial charge in [-0.05, 0) is 48.9 Å². The van der Waals surface area contributed by atoms with Crippen LogP contribution in [0.1, 0.15) is 35.3 Å². The van der Waals surface area contributed by atoms with Crippen molar-refractivity contribution in [2.75, 3.05) is 13.1 Å². The molecule has 1 aromatic rings. The van der Waals surface area contributed by atoms with Crippen molar-refractivity contribution in [2.45, 2.75) is 32.6 Å². The average Bonchev–Trinajstić information content (AvgIpc) is 2.70. The molecule has 1 aliphatic heterocycles. The molecule has 21 heavy (non-hydrogen) atoms. The van der Waals surface area contributed by atoms with Gasteiger partial charge in [-0.1, -0.05) is 13.8 Å². The van der Waals surface area contributed by atoms with Crippen LogP contribution in [0.2, 0.25) is 0 Å². The summed E-state index contributed by atoms with van der Waals surface area (Å²) in [6, 6.07) is 3.13. The van der Waals surface area contributed by atoms with E-state index >= 15 is 0 Å². The quantitative estimate of drug-likeness (QED) is 0.902. The van der Waals surface area contributed by atoms with Gasteiger partial charge >= 0.3 is 0 Å². The van der Waals surface area contributed by atoms with E-state index in [1.54, 1.807) is 24.8 Å². The maximum Gasteiger partial charge on any atom is 0.253 e. The van der Waals surface area contributed by atoms with Gasteiger partial charge in [-0.25, -0.2) is 13.6 Å². The second-order valence-corrected chi connectivity index (χ2v) is 7.66. The van der Waals surface area contributed by atoms with Crippen LogP contribution >= 0.6 is 0 Å². The molecule has 0 aliphatic carbocycles. The highest BCUT2D eigenvalue weighted by molar-refractivity contribution is 7.89. The van der Waals surface area contributed by atoms with Gasteiger partial charge in [-0.3, -0.25) is 4.79 Å². The highest BCUT2D eigenvalue weighted by Gasteiger charge is 2.30. The van der Waals surface area contributed by atoms with Gasteiger partial charge in [0.2, 0.25) is 10.0 Å². The maximum absolute atomic E-state index is 12.6. The largest absolute Gasteiger partial charge is 0.338 e. The first-order valence-corrected chi connectivity index (χ1v) is 8.59. The summed E-state index contributed by atoms with van der Waals surface area (Å²) in [6.45, 7) is 9.14. The van der Waals surface area contributed by atoms with Crippen molar-refractivity contribution in [3.05, 3.63) is 28.8 Å². The van der Waals surface area contributed by atoms with E-state index in [-0.39, 0.29) is 10.8 Å². The highest BCUT2D eigenvalue weighted by atomic mass is 32.2. The fourth-order valence-electron chi connectivity index (χ4n) is 2.72. The van der Waals surface area contributed by atoms with E-state index in [1.807, 2.05) is 0 Å². The molecule has 0 radical (unpaired) electrons. The molecule has 2 unspecified atom stereocenters. The number of hydrogen-bond acceptors (Lipinski definition) is 3. The van der Waals surface area contributed by atoms with Gasteiger partial charge in [-0.15, -0.1) is 0 Å². The zero-order chi connectivity index (χ0) is 15.9. The summed E-state index contributed by atoms with van der Waals surface area (Å²) < 4.78 is 23.3. The van der Waals surface area contributed by atoms with Crippen LogP contribution in [0.25, 0.3) is 0 Å². The van der Waals surface area contributed by atoms with Crippen molar-refractivity contribution in [3.63, 3.8) is 0 Å². The molecular formula is C15H22N2O3S. The second-order valence-electron chi connectivity index (χ2n) is 6.13. The number of carbonyl (C=O) groups is 1. The van der Waals surface area contributed by atoms with E-state index in [4.69, 9.17) is 5.14 Å². The highest BCUT2D eigenvalue weighted by Crippen LogP contribution is 2.26. The van der Waals surface area contributed by atoms with Crippen molar-refractivity contribution in [2.24, 2.45) is 17.0 Å². The smallest absolute Gasteiger partial charge is 0.253 e. The van der Waals surface area contributed by atoms with E-state index in [0.29, 0.717) is 36.1 Å². The van der Waals surface area contributed by atoms with Crippen molar-refractivity contribution in [3.8, 4) is 0 Å². The standard InChI is InChI=1S/C15H22N2O3S/c1-9-5-13(6-14(12(9)4)21(16,19)20)15(18)17-7-10(2)11(3)8-17/h5-6,10-11H,7-8H2,1-4H3,(H2,16,19,20). The molecule has 5 nitrogen and oxygen atoms in total. The van der Waals surface area contributed by atoms with E-state index in [2.05, 4.69) is 13.8 Å². The first-order chi connectivity index (χ1) is 9.61. The molecule has 2 rings (SSSR count). The first kappa shape index (κ1) is 16.0. The van der Waals surface area contributed by atoms with Crippen molar-refractivity contribution < 1.29 is 13.2 Å². The Morgan fingerprint density at radius 2 is 1.71 bits per heavy atom. The van der Waals surface area contributed by atoms with E-state index in [1.165, 1.54) is 6.07 Å². The Bertz CT molecular complexity index is 672. The van der Waals surface area contributed by atoms with Crippen LogP contribution < -0.4 is 5.14 Å². The van der Waals surface area contributed by atoms with Crippen molar-refractivity contribution in [1.29, 1.82) is 0 Å². The van der Waals surface area contributed by atoms with E-state index in [0.717, 1.165) is 5.56 Å². The Balaban J connectivity index is 2.42. The van der Waals surface area contributed by atoms with Gasteiger partial charge in [0.15, 0.2) is 0 Å². The first-order valence-electron chi connectivity index (χ1n) is 7.04. The Morgan fingerprint density at radius 1 is 1.19 bits per heavy atom. The Kier molecular flexibility index (Phi) is 4.13. The predicted molar refractivity (Wildman–Crippen MR) is 81.5 cm³/mol. The number of carbonyl (C=O) groups excluding carboxylic acids is 1. The average molecular weight is 310 g/mol. The number of nitrogens with two attached hydrogens (primary N) is 1. The third-order valence-corrected chi connectivity index (χ3v) is 5.49. The van der Waals surface area contributed by atoms with Gasteiger partial charge in [-0.2, -0.15) is 0 Å². The lowest BCUT2D eigenvalue weighted by Crippen LogP contribution is -2.29. The third-order valence-electron chi connectivity index (χ3n) is 4.45. The van der Waals surface area contributed by atoms with Crippen LogP contribution in [0, 0.1) is 25.7 Å². The maximum atomic E-state index is 12.6. The number of sulfonamides is 1. The molecule has 1 aromatic carbocycles. The van der Waals surface area contributed by atoms with Crippen LogP contribution in [0.15, 0.2) is 17.0 Å². The van der Waals surface area contributed by atoms with E-state index < -0.39 is 10.0 Å². The van der Waals surface area contributed by atoms with Gasteiger partial charge < -0.3 is 4.90 Å². The fourth-order valence-corrected chi connectivity index (χ4v) is 3.60. The molecule has 6 heteroatoms. The fraction of sp³-hybridized carbons (Fsp3) is 0.533. The van der Waals surface area contributed by atoms with E-state index in [9.17, 15) is 13.2 Å². The van der Waals surface area contributed by atoms with Crippen molar-refractivity contribution in [1.82, 2.24) is 4.90 Å². The summed E-state index contributed by atoms with van der Waals surface area (Å²) >= 11 is 0. The molecule has 116 valence electrons. The number of benzene rings is 1. The zero-order valence-electron chi connectivity index (χ0n) is 12.9. The second kappa shape index (κ2) is 5.42. The molecule has 0 bridgehead atoms. The van der Waals surface area contributed by atoms with Gasteiger partial charge in [0.1, 0.15) is 0 Å². The SMILES string of the molecule is Cc1cc(C(=O)N2CC(C)C(C)C2)cc(S(N)(=O)=O)c1C. The van der Waals surface area contributed by atoms with Crippen LogP contribution in [-0.2, 0) is 10.0 Å². The summed E-state index contributed by atoms with van der Waals surface area (Å²) in [4.78, 5) is 14.4. The molecule has 1 heterocycles. The predicted octanol–water partition coefficient (Wildman–Crippen LogP) is 1.68. The van der Waals surface area contributed by atoms with Gasteiger partial charge in [0.25, 0.3) is 5.91 Å². The number of hydrogen-bond donors (Lipinski definition) is 1. The molecule has 2 atom stereocenters. The van der Waals surface area contributed by atoms with Gasteiger partial charge in [0, 0.05) is 18.7 Å². The Morgan fingerprint density at radius 3 is 2.19 bits per heavy atom.